The minimum atomic E-state index is -0.894. The highest BCUT2D eigenvalue weighted by Crippen LogP contribution is 2.12. The molecule has 0 unspecified atom stereocenters. The molecule has 0 saturated heterocycles. The summed E-state index contributed by atoms with van der Waals surface area (Å²) >= 11 is 0. The fourth-order valence-corrected chi connectivity index (χ4v) is 2.64. The Hall–Kier alpha value is -1.36. The van der Waals surface area contributed by atoms with Crippen molar-refractivity contribution in [3.63, 3.8) is 0 Å². The molecule has 5 heteroatoms. The van der Waals surface area contributed by atoms with Crippen molar-refractivity contribution >= 4 is 11.9 Å². The molecule has 0 bridgehead atoms. The lowest BCUT2D eigenvalue weighted by atomic mass is 10.0. The SMILES string of the molecule is O=C(O)C=CCNCCCCCCCCCCCCCCC(=O)O. The van der Waals surface area contributed by atoms with Crippen LogP contribution in [0.2, 0.25) is 0 Å². The van der Waals surface area contributed by atoms with Gasteiger partial charge in [0, 0.05) is 19.0 Å². The number of carbonyl (C=O) groups is 2. The second-order valence-electron chi connectivity index (χ2n) is 6.33. The van der Waals surface area contributed by atoms with Crippen LogP contribution in [-0.2, 0) is 9.59 Å². The molecule has 24 heavy (non-hydrogen) atoms. The zero-order chi connectivity index (χ0) is 17.9. The average molecular weight is 341 g/mol. The number of nitrogens with one attached hydrogen (secondary N) is 1. The largest absolute Gasteiger partial charge is 0.481 e. The van der Waals surface area contributed by atoms with Gasteiger partial charge in [-0.3, -0.25) is 4.79 Å². The molecule has 0 aliphatic carbocycles. The maximum absolute atomic E-state index is 10.4. The third-order valence-electron chi connectivity index (χ3n) is 4.02. The van der Waals surface area contributed by atoms with Crippen molar-refractivity contribution in [1.29, 1.82) is 0 Å². The van der Waals surface area contributed by atoms with Crippen molar-refractivity contribution in [3.05, 3.63) is 12.2 Å². The van der Waals surface area contributed by atoms with E-state index in [0.717, 1.165) is 25.8 Å². The fourth-order valence-electron chi connectivity index (χ4n) is 2.64. The molecule has 5 nitrogen and oxygen atoms in total. The lowest BCUT2D eigenvalue weighted by molar-refractivity contribution is -0.137. The van der Waals surface area contributed by atoms with Crippen LogP contribution in [0.4, 0.5) is 0 Å². The van der Waals surface area contributed by atoms with Crippen molar-refractivity contribution in [2.45, 2.75) is 83.5 Å². The third kappa shape index (κ3) is 20.6. The first kappa shape index (κ1) is 22.6. The predicted molar refractivity (Wildman–Crippen MR) is 97.3 cm³/mol. The monoisotopic (exact) mass is 341 g/mol. The number of carboxylic acid groups (broad SMARTS) is 2. The zero-order valence-corrected chi connectivity index (χ0v) is 15.0. The molecule has 0 spiro atoms. The Kier molecular flexibility index (Phi) is 17.0. The highest BCUT2D eigenvalue weighted by Gasteiger charge is 1.97. The second-order valence-corrected chi connectivity index (χ2v) is 6.33. The van der Waals surface area contributed by atoms with E-state index in [4.69, 9.17) is 10.2 Å². The van der Waals surface area contributed by atoms with E-state index in [-0.39, 0.29) is 0 Å². The molecule has 0 fully saturated rings. The molecule has 0 aromatic rings. The van der Waals surface area contributed by atoms with Crippen LogP contribution in [0.25, 0.3) is 0 Å². The van der Waals surface area contributed by atoms with Gasteiger partial charge in [0.25, 0.3) is 0 Å². The second kappa shape index (κ2) is 18.0. The van der Waals surface area contributed by atoms with Crippen LogP contribution in [0.3, 0.4) is 0 Å². The van der Waals surface area contributed by atoms with Crippen molar-refractivity contribution in [1.82, 2.24) is 5.32 Å². The highest BCUT2D eigenvalue weighted by atomic mass is 16.4. The summed E-state index contributed by atoms with van der Waals surface area (Å²) in [6.07, 6.45) is 17.6. The minimum absolute atomic E-state index is 0.314. The summed E-state index contributed by atoms with van der Waals surface area (Å²) in [7, 11) is 0. The third-order valence-corrected chi connectivity index (χ3v) is 4.02. The summed E-state index contributed by atoms with van der Waals surface area (Å²) in [5.74, 6) is -1.57. The number of aliphatic carboxylic acids is 2. The van der Waals surface area contributed by atoms with Gasteiger partial charge in [0.2, 0.25) is 0 Å². The van der Waals surface area contributed by atoms with Gasteiger partial charge in [-0.25, -0.2) is 4.79 Å². The Morgan fingerprint density at radius 3 is 1.62 bits per heavy atom. The molecule has 0 aromatic heterocycles. The van der Waals surface area contributed by atoms with E-state index in [1.165, 1.54) is 63.9 Å². The average Bonchev–Trinajstić information content (AvgIpc) is 2.53. The number of unbranched alkanes of at least 4 members (excludes halogenated alkanes) is 11. The molecular formula is C19H35NO4. The molecule has 0 heterocycles. The molecule has 3 N–H and O–H groups in total. The van der Waals surface area contributed by atoms with E-state index in [9.17, 15) is 9.59 Å². The summed E-state index contributed by atoms with van der Waals surface area (Å²) in [6.45, 7) is 1.58. The maximum Gasteiger partial charge on any atom is 0.328 e. The molecule has 0 aliphatic heterocycles. The first-order valence-corrected chi connectivity index (χ1v) is 9.45. The topological polar surface area (TPSA) is 86.6 Å². The molecule has 0 radical (unpaired) electrons. The smallest absolute Gasteiger partial charge is 0.328 e. The summed E-state index contributed by atoms with van der Waals surface area (Å²) in [4.78, 5) is 20.6. The van der Waals surface area contributed by atoms with Crippen molar-refractivity contribution < 1.29 is 19.8 Å². The molecule has 0 amide bonds. The lowest BCUT2D eigenvalue weighted by Crippen LogP contribution is -2.15. The summed E-state index contributed by atoms with van der Waals surface area (Å²) in [5.41, 5.74) is 0. The molecule has 0 rings (SSSR count). The molecule has 0 aromatic carbocycles. The van der Waals surface area contributed by atoms with Gasteiger partial charge in [0.05, 0.1) is 0 Å². The lowest BCUT2D eigenvalue weighted by Gasteiger charge is -2.03. The van der Waals surface area contributed by atoms with E-state index < -0.39 is 11.9 Å². The van der Waals surface area contributed by atoms with E-state index in [0.29, 0.717) is 13.0 Å². The van der Waals surface area contributed by atoms with Gasteiger partial charge in [-0.1, -0.05) is 70.3 Å². The summed E-state index contributed by atoms with van der Waals surface area (Å²) in [5, 5.41) is 20.2. The molecular weight excluding hydrogens is 306 g/mol. The molecule has 0 saturated carbocycles. The predicted octanol–water partition coefficient (Wildman–Crippen LogP) is 4.37. The Morgan fingerprint density at radius 2 is 1.17 bits per heavy atom. The van der Waals surface area contributed by atoms with Crippen molar-refractivity contribution in [2.24, 2.45) is 0 Å². The normalized spacial score (nSPS) is 11.2. The zero-order valence-electron chi connectivity index (χ0n) is 15.0. The number of carboxylic acids is 2. The van der Waals surface area contributed by atoms with Crippen LogP contribution in [-0.4, -0.2) is 35.2 Å². The first-order chi connectivity index (χ1) is 11.6. The Balaban J connectivity index is 3.05. The van der Waals surface area contributed by atoms with Crippen LogP contribution >= 0.6 is 0 Å². The molecule has 0 aliphatic rings. The Labute approximate surface area is 146 Å². The maximum atomic E-state index is 10.4. The summed E-state index contributed by atoms with van der Waals surface area (Å²) < 4.78 is 0. The van der Waals surface area contributed by atoms with Gasteiger partial charge in [-0.05, 0) is 19.4 Å². The van der Waals surface area contributed by atoms with Crippen molar-refractivity contribution in [3.8, 4) is 0 Å². The van der Waals surface area contributed by atoms with Gasteiger partial charge in [0.1, 0.15) is 0 Å². The Bertz CT molecular complexity index is 342. The van der Waals surface area contributed by atoms with Crippen LogP contribution in [0.5, 0.6) is 0 Å². The van der Waals surface area contributed by atoms with Gasteiger partial charge in [-0.15, -0.1) is 0 Å². The standard InChI is InChI=1S/C19H35NO4/c21-18(22)14-11-9-7-5-3-1-2-4-6-8-10-12-16-20-17-13-15-19(23)24/h13,15,20H,1-12,14,16-17H2,(H,21,22)(H,23,24). The number of rotatable bonds is 18. The first-order valence-electron chi connectivity index (χ1n) is 9.45. The molecule has 140 valence electrons. The van der Waals surface area contributed by atoms with E-state index in [2.05, 4.69) is 5.32 Å². The van der Waals surface area contributed by atoms with E-state index in [1.807, 2.05) is 0 Å². The fraction of sp³-hybridized carbons (Fsp3) is 0.789. The van der Waals surface area contributed by atoms with Crippen LogP contribution in [0.15, 0.2) is 12.2 Å². The number of hydrogen-bond acceptors (Lipinski definition) is 3. The van der Waals surface area contributed by atoms with E-state index >= 15 is 0 Å². The van der Waals surface area contributed by atoms with E-state index in [1.54, 1.807) is 6.08 Å². The van der Waals surface area contributed by atoms with Crippen molar-refractivity contribution in [2.75, 3.05) is 13.1 Å². The van der Waals surface area contributed by atoms with Crippen LogP contribution in [0.1, 0.15) is 83.5 Å². The molecule has 0 atom stereocenters. The Morgan fingerprint density at radius 1 is 0.708 bits per heavy atom. The van der Waals surface area contributed by atoms with Gasteiger partial charge in [-0.2, -0.15) is 0 Å². The summed E-state index contributed by atoms with van der Waals surface area (Å²) in [6, 6.07) is 0. The van der Waals surface area contributed by atoms with Gasteiger partial charge >= 0.3 is 11.9 Å². The van der Waals surface area contributed by atoms with Gasteiger partial charge in [0.15, 0.2) is 0 Å². The number of hydrogen-bond donors (Lipinski definition) is 3. The highest BCUT2D eigenvalue weighted by molar-refractivity contribution is 5.79. The van der Waals surface area contributed by atoms with Crippen LogP contribution in [0, 0.1) is 0 Å². The van der Waals surface area contributed by atoms with Crippen LogP contribution < -0.4 is 5.32 Å². The van der Waals surface area contributed by atoms with Gasteiger partial charge < -0.3 is 15.5 Å². The quantitative estimate of drug-likeness (QED) is 0.254. The minimum Gasteiger partial charge on any atom is -0.481 e.